The molecule has 14 heteroatoms. The number of Topliss-reactive ketones (excluding diaryl/α,β-unsaturated/α-hetero) is 1. The summed E-state index contributed by atoms with van der Waals surface area (Å²) in [6, 6.07) is 8.19. The molecule has 2 aliphatic rings. The molecule has 2 fully saturated rings. The minimum Gasteiger partial charge on any atom is -0.344 e. The van der Waals surface area contributed by atoms with Gasteiger partial charge in [-0.3, -0.25) is 33.6 Å². The normalized spacial score (nSPS) is 20.7. The topological polar surface area (TPSA) is 199 Å². The lowest BCUT2D eigenvalue weighted by Crippen LogP contribution is -2.64. The van der Waals surface area contributed by atoms with Crippen molar-refractivity contribution in [3.63, 3.8) is 0 Å². The van der Waals surface area contributed by atoms with Crippen molar-refractivity contribution < 1.29 is 28.8 Å². The zero-order valence-electron chi connectivity index (χ0n) is 32.0. The first-order valence-electron chi connectivity index (χ1n) is 18.4. The lowest BCUT2D eigenvalue weighted by molar-refractivity contribution is -0.146. The number of ketones is 1. The van der Waals surface area contributed by atoms with Gasteiger partial charge in [0.1, 0.15) is 23.8 Å². The molecule has 14 nitrogen and oxygen atoms in total. The number of rotatable bonds is 13. The fraction of sp³-hybridized carbons (Fsp3) is 0.564. The van der Waals surface area contributed by atoms with Crippen LogP contribution in [0.25, 0.3) is 0 Å². The molecule has 4 rings (SSSR count). The predicted molar refractivity (Wildman–Crippen MR) is 199 cm³/mol. The molecule has 0 radical (unpaired) electrons. The average Bonchev–Trinajstić information content (AvgIpc) is 3.70. The number of carbonyl (C=O) groups excluding carboxylic acids is 6. The van der Waals surface area contributed by atoms with Crippen LogP contribution < -0.4 is 32.1 Å². The van der Waals surface area contributed by atoms with Gasteiger partial charge in [0, 0.05) is 18.7 Å². The lowest BCUT2D eigenvalue weighted by atomic mass is 9.83. The van der Waals surface area contributed by atoms with E-state index >= 15 is 0 Å². The largest absolute Gasteiger partial charge is 0.344 e. The van der Waals surface area contributed by atoms with Crippen molar-refractivity contribution in [1.82, 2.24) is 36.5 Å². The van der Waals surface area contributed by atoms with E-state index in [0.717, 1.165) is 12.0 Å². The maximum Gasteiger partial charge on any atom is 0.290 e. The highest BCUT2D eigenvalue weighted by atomic mass is 16.2. The first-order valence-corrected chi connectivity index (χ1v) is 18.4. The molecule has 7 atom stereocenters. The minimum absolute atomic E-state index is 0.0176. The number of amides is 5. The quantitative estimate of drug-likeness (QED) is 0.168. The van der Waals surface area contributed by atoms with Gasteiger partial charge in [-0.2, -0.15) is 0 Å². The van der Waals surface area contributed by atoms with Crippen LogP contribution >= 0.6 is 0 Å². The SMILES string of the molecule is CCC[C@H](NC(=O)[C@@H]1C2NCCC2CN1C(=O)[C@@H](NC(=O)[C@@H](NC(=O)c1cccc(=O)[nH]1)C(C)(C)C)C(C)(C)C)C(=O)C(=O)N[C@@H](C)c1ccccc1. The first kappa shape index (κ1) is 40.9. The molecule has 1 aromatic carbocycles. The molecule has 53 heavy (non-hydrogen) atoms. The second-order valence-corrected chi connectivity index (χ2v) is 16.3. The molecule has 2 aromatic rings. The Hall–Kier alpha value is -4.85. The molecule has 0 aliphatic carbocycles. The molecule has 1 aromatic heterocycles. The molecule has 0 saturated carbocycles. The van der Waals surface area contributed by atoms with Gasteiger partial charge in [0.2, 0.25) is 29.1 Å². The molecule has 288 valence electrons. The van der Waals surface area contributed by atoms with Crippen LogP contribution in [0.2, 0.25) is 0 Å². The van der Waals surface area contributed by atoms with Crippen LogP contribution in [0.1, 0.15) is 96.7 Å². The fourth-order valence-electron chi connectivity index (χ4n) is 7.02. The van der Waals surface area contributed by atoms with Crippen LogP contribution in [0.4, 0.5) is 0 Å². The van der Waals surface area contributed by atoms with Crippen molar-refractivity contribution in [2.24, 2.45) is 16.7 Å². The lowest BCUT2D eigenvalue weighted by Gasteiger charge is -2.38. The van der Waals surface area contributed by atoms with Gasteiger partial charge in [0.05, 0.1) is 12.1 Å². The van der Waals surface area contributed by atoms with E-state index in [4.69, 9.17) is 0 Å². The Morgan fingerprint density at radius 3 is 2.11 bits per heavy atom. The summed E-state index contributed by atoms with van der Waals surface area (Å²) in [5.41, 5.74) is -1.29. The highest BCUT2D eigenvalue weighted by Crippen LogP contribution is 2.33. The molecule has 0 bridgehead atoms. The van der Waals surface area contributed by atoms with Gasteiger partial charge < -0.3 is 36.5 Å². The molecule has 3 heterocycles. The van der Waals surface area contributed by atoms with Gasteiger partial charge in [-0.15, -0.1) is 0 Å². The van der Waals surface area contributed by atoms with Crippen molar-refractivity contribution in [2.75, 3.05) is 13.1 Å². The van der Waals surface area contributed by atoms with Gasteiger partial charge in [0.25, 0.3) is 11.8 Å². The Labute approximate surface area is 311 Å². The smallest absolute Gasteiger partial charge is 0.290 e. The summed E-state index contributed by atoms with van der Waals surface area (Å²) in [4.78, 5) is 98.2. The number of hydrogen-bond acceptors (Lipinski definition) is 8. The van der Waals surface area contributed by atoms with Crippen LogP contribution in [-0.4, -0.2) is 88.5 Å². The third kappa shape index (κ3) is 9.98. The number of nitrogens with zero attached hydrogens (tertiary/aromatic N) is 1. The van der Waals surface area contributed by atoms with Gasteiger partial charge in [-0.1, -0.05) is 91.3 Å². The molecule has 5 amide bonds. The van der Waals surface area contributed by atoms with Crippen LogP contribution in [-0.2, 0) is 24.0 Å². The second kappa shape index (κ2) is 16.9. The number of nitrogens with one attached hydrogen (secondary N) is 6. The molecule has 0 spiro atoms. The third-order valence-corrected chi connectivity index (χ3v) is 9.96. The monoisotopic (exact) mass is 733 g/mol. The van der Waals surface area contributed by atoms with E-state index < -0.39 is 88.0 Å². The summed E-state index contributed by atoms with van der Waals surface area (Å²) >= 11 is 0. The number of aromatic nitrogens is 1. The van der Waals surface area contributed by atoms with Crippen LogP contribution in [0.3, 0.4) is 0 Å². The van der Waals surface area contributed by atoms with E-state index in [1.165, 1.54) is 23.1 Å². The Balaban J connectivity index is 1.55. The Morgan fingerprint density at radius 1 is 0.849 bits per heavy atom. The van der Waals surface area contributed by atoms with E-state index in [9.17, 15) is 33.6 Å². The van der Waals surface area contributed by atoms with Gasteiger partial charge in [-0.05, 0) is 54.7 Å². The highest BCUT2D eigenvalue weighted by molar-refractivity contribution is 6.38. The standard InChI is InChI=1S/C39H55N7O7/c1-9-14-25(30(48)35(51)41-22(2)23-15-11-10-12-16-23)43-34(50)29-28-24(19-20-40-28)21-46(29)37(53)32(39(6,7)8)45-36(52)31(38(3,4)5)44-33(49)26-17-13-18-27(47)42-26/h10-13,15-18,22,24-25,28-29,31-32,40H,9,14,19-21H2,1-8H3,(H,41,51)(H,42,47)(H,43,50)(H,44,49)(H,45,52)/t22-,24?,25-,28?,29-,31+,32+/m0/s1. The highest BCUT2D eigenvalue weighted by Gasteiger charge is 2.52. The van der Waals surface area contributed by atoms with Crippen LogP contribution in [0, 0.1) is 16.7 Å². The summed E-state index contributed by atoms with van der Waals surface area (Å²) in [7, 11) is 0. The zero-order valence-corrected chi connectivity index (χ0v) is 32.0. The molecule has 2 saturated heterocycles. The minimum atomic E-state index is -1.11. The molecular formula is C39H55N7O7. The number of pyridine rings is 1. The molecule has 6 N–H and O–H groups in total. The number of fused-ring (bicyclic) bond motifs is 1. The summed E-state index contributed by atoms with van der Waals surface area (Å²) in [5.74, 6) is -3.95. The van der Waals surface area contributed by atoms with E-state index in [2.05, 4.69) is 31.6 Å². The predicted octanol–water partition coefficient (Wildman–Crippen LogP) is 1.97. The zero-order chi connectivity index (χ0) is 39.2. The van der Waals surface area contributed by atoms with Crippen LogP contribution in [0.5, 0.6) is 0 Å². The second-order valence-electron chi connectivity index (χ2n) is 16.3. The van der Waals surface area contributed by atoms with Gasteiger partial charge in [-0.25, -0.2) is 0 Å². The molecular weight excluding hydrogens is 678 g/mol. The molecule has 2 unspecified atom stereocenters. The first-order chi connectivity index (χ1) is 24.8. The molecule has 2 aliphatic heterocycles. The van der Waals surface area contributed by atoms with E-state index in [1.807, 2.05) is 37.3 Å². The Bertz CT molecular complexity index is 1730. The summed E-state index contributed by atoms with van der Waals surface area (Å²) in [5, 5.41) is 14.5. The fourth-order valence-corrected chi connectivity index (χ4v) is 7.02. The number of benzene rings is 1. The average molecular weight is 734 g/mol. The summed E-state index contributed by atoms with van der Waals surface area (Å²) in [6.45, 7) is 15.2. The third-order valence-electron chi connectivity index (χ3n) is 9.96. The maximum absolute atomic E-state index is 14.6. The number of carbonyl (C=O) groups is 6. The Morgan fingerprint density at radius 2 is 1.51 bits per heavy atom. The van der Waals surface area contributed by atoms with E-state index in [0.29, 0.717) is 13.0 Å². The maximum atomic E-state index is 14.6. The van der Waals surface area contributed by atoms with Crippen molar-refractivity contribution in [1.29, 1.82) is 0 Å². The summed E-state index contributed by atoms with van der Waals surface area (Å²) < 4.78 is 0. The number of hydrogen-bond donors (Lipinski definition) is 6. The van der Waals surface area contributed by atoms with Gasteiger partial charge in [0.15, 0.2) is 0 Å². The van der Waals surface area contributed by atoms with Crippen molar-refractivity contribution >= 4 is 35.3 Å². The van der Waals surface area contributed by atoms with Crippen LogP contribution in [0.15, 0.2) is 53.3 Å². The number of H-pyrrole nitrogens is 1. The van der Waals surface area contributed by atoms with E-state index in [-0.39, 0.29) is 24.6 Å². The van der Waals surface area contributed by atoms with Crippen molar-refractivity contribution in [3.05, 3.63) is 70.1 Å². The van der Waals surface area contributed by atoms with Gasteiger partial charge >= 0.3 is 0 Å². The van der Waals surface area contributed by atoms with Crippen molar-refractivity contribution in [3.8, 4) is 0 Å². The van der Waals surface area contributed by atoms with Crippen molar-refractivity contribution in [2.45, 2.75) is 111 Å². The Kier molecular flexibility index (Phi) is 13.0. The van der Waals surface area contributed by atoms with E-state index in [1.54, 1.807) is 48.5 Å². The number of aromatic amines is 1. The summed E-state index contributed by atoms with van der Waals surface area (Å²) in [6.07, 6.45) is 1.46. The number of likely N-dealkylation sites (tertiary alicyclic amines) is 1.